The second-order valence-electron chi connectivity index (χ2n) is 4.95. The zero-order valence-electron chi connectivity index (χ0n) is 10.8. The van der Waals surface area contributed by atoms with Crippen LogP contribution in [-0.4, -0.2) is 23.5 Å². The Morgan fingerprint density at radius 1 is 1.35 bits per heavy atom. The summed E-state index contributed by atoms with van der Waals surface area (Å²) in [6.07, 6.45) is -4.91. The van der Waals surface area contributed by atoms with E-state index in [1.165, 1.54) is 18.2 Å². The van der Waals surface area contributed by atoms with E-state index in [1.54, 1.807) is 19.2 Å². The number of benzene rings is 1. The molecule has 1 amide bonds. The smallest absolute Gasteiger partial charge is 0.471 e. The summed E-state index contributed by atoms with van der Waals surface area (Å²) in [7, 11) is 0. The molecule has 4 nitrogen and oxygen atoms in total. The van der Waals surface area contributed by atoms with Gasteiger partial charge in [-0.15, -0.1) is 0 Å². The minimum Gasteiger partial charge on any atom is -0.479 e. The van der Waals surface area contributed by atoms with Crippen LogP contribution >= 0.6 is 0 Å². The third-order valence-electron chi connectivity index (χ3n) is 2.91. The largest absolute Gasteiger partial charge is 0.479 e. The molecule has 1 aliphatic rings. The predicted molar refractivity (Wildman–Crippen MR) is 63.4 cm³/mol. The number of fused-ring (bicyclic) bond motifs is 1. The molecule has 1 heterocycles. The summed E-state index contributed by atoms with van der Waals surface area (Å²) < 4.78 is 41.6. The molecule has 0 atom stereocenters. The number of amides is 1. The minimum atomic E-state index is -4.91. The lowest BCUT2D eigenvalue weighted by molar-refractivity contribution is -0.173. The number of ketones is 1. The van der Waals surface area contributed by atoms with E-state index in [1.807, 2.05) is 0 Å². The van der Waals surface area contributed by atoms with Gasteiger partial charge < -0.3 is 10.1 Å². The van der Waals surface area contributed by atoms with Crippen molar-refractivity contribution < 1.29 is 27.5 Å². The molecule has 0 fully saturated rings. The third-order valence-corrected chi connectivity index (χ3v) is 2.91. The molecule has 0 bridgehead atoms. The van der Waals surface area contributed by atoms with Crippen molar-refractivity contribution >= 4 is 11.7 Å². The Labute approximate surface area is 112 Å². The Morgan fingerprint density at radius 2 is 2.00 bits per heavy atom. The highest BCUT2D eigenvalue weighted by molar-refractivity contribution is 6.07. The van der Waals surface area contributed by atoms with Gasteiger partial charge in [-0.2, -0.15) is 13.2 Å². The van der Waals surface area contributed by atoms with Gasteiger partial charge >= 0.3 is 12.1 Å². The van der Waals surface area contributed by atoms with Gasteiger partial charge in [0.2, 0.25) is 5.78 Å². The maximum atomic E-state index is 12.0. The average Bonchev–Trinajstić information content (AvgIpc) is 2.55. The molecule has 7 heteroatoms. The SMILES string of the molecule is CC1(C)Oc2cc(CNC(=O)C(F)(F)F)ccc2C1=O. The van der Waals surface area contributed by atoms with Gasteiger partial charge in [0.05, 0.1) is 5.56 Å². The maximum absolute atomic E-state index is 12.0. The number of rotatable bonds is 2. The number of alkyl halides is 3. The first-order valence-electron chi connectivity index (χ1n) is 5.83. The Morgan fingerprint density at radius 3 is 2.60 bits per heavy atom. The van der Waals surface area contributed by atoms with Gasteiger partial charge in [0, 0.05) is 6.54 Å². The van der Waals surface area contributed by atoms with Crippen molar-refractivity contribution in [2.45, 2.75) is 32.2 Å². The topological polar surface area (TPSA) is 55.4 Å². The van der Waals surface area contributed by atoms with E-state index in [9.17, 15) is 22.8 Å². The van der Waals surface area contributed by atoms with Crippen LogP contribution in [0.4, 0.5) is 13.2 Å². The van der Waals surface area contributed by atoms with Gasteiger partial charge in [-0.25, -0.2) is 0 Å². The van der Waals surface area contributed by atoms with Crippen LogP contribution in [0.15, 0.2) is 18.2 Å². The number of halogens is 3. The van der Waals surface area contributed by atoms with Crippen LogP contribution in [0.1, 0.15) is 29.8 Å². The normalized spacial score (nSPS) is 16.6. The second kappa shape index (κ2) is 4.50. The molecule has 0 aromatic heterocycles. The molecule has 20 heavy (non-hydrogen) atoms. The molecule has 0 unspecified atom stereocenters. The number of ether oxygens (including phenoxy) is 1. The molecular weight excluding hydrogens is 275 g/mol. The standard InChI is InChI=1S/C13H12F3NO3/c1-12(2)10(18)8-4-3-7(5-9(8)20-12)6-17-11(19)13(14,15)16/h3-5H,6H2,1-2H3,(H,17,19). The van der Waals surface area contributed by atoms with Gasteiger partial charge in [-0.3, -0.25) is 9.59 Å². The summed E-state index contributed by atoms with van der Waals surface area (Å²) in [6.45, 7) is 2.93. The highest BCUT2D eigenvalue weighted by atomic mass is 19.4. The number of Topliss-reactive ketones (excluding diaryl/α,β-unsaturated/α-hetero) is 1. The predicted octanol–water partition coefficient (Wildman–Crippen LogP) is 2.22. The van der Waals surface area contributed by atoms with Crippen molar-refractivity contribution in [2.24, 2.45) is 0 Å². The maximum Gasteiger partial charge on any atom is 0.471 e. The number of carbonyl (C=O) groups is 2. The lowest BCUT2D eigenvalue weighted by Gasteiger charge is -2.15. The summed E-state index contributed by atoms with van der Waals surface area (Å²) >= 11 is 0. The lowest BCUT2D eigenvalue weighted by Crippen LogP contribution is -2.36. The van der Waals surface area contributed by atoms with Crippen LogP contribution in [0.2, 0.25) is 0 Å². The van der Waals surface area contributed by atoms with E-state index >= 15 is 0 Å². The Balaban J connectivity index is 2.11. The fourth-order valence-corrected chi connectivity index (χ4v) is 1.88. The third kappa shape index (κ3) is 2.61. The number of nitrogens with one attached hydrogen (secondary N) is 1. The van der Waals surface area contributed by atoms with Crippen molar-refractivity contribution in [3.8, 4) is 5.75 Å². The summed E-state index contributed by atoms with van der Waals surface area (Å²) in [6, 6.07) is 4.43. The number of hydrogen-bond acceptors (Lipinski definition) is 3. The summed E-state index contributed by atoms with van der Waals surface area (Å²) in [5, 5.41) is 1.76. The van der Waals surface area contributed by atoms with Crippen LogP contribution in [0.25, 0.3) is 0 Å². The fraction of sp³-hybridized carbons (Fsp3) is 0.385. The number of hydrogen-bond donors (Lipinski definition) is 1. The molecule has 0 aliphatic carbocycles. The van der Waals surface area contributed by atoms with Crippen molar-refractivity contribution in [3.05, 3.63) is 29.3 Å². The second-order valence-corrected chi connectivity index (χ2v) is 4.95. The van der Waals surface area contributed by atoms with Crippen LogP contribution in [0, 0.1) is 0 Å². The average molecular weight is 287 g/mol. The minimum absolute atomic E-state index is 0.182. The molecule has 2 rings (SSSR count). The first-order chi connectivity index (χ1) is 9.11. The van der Waals surface area contributed by atoms with Crippen LogP contribution < -0.4 is 10.1 Å². The Hall–Kier alpha value is -2.05. The molecule has 108 valence electrons. The van der Waals surface area contributed by atoms with Gasteiger partial charge in [-0.1, -0.05) is 6.07 Å². The molecule has 1 aromatic rings. The highest BCUT2D eigenvalue weighted by Crippen LogP contribution is 2.35. The van der Waals surface area contributed by atoms with Gasteiger partial charge in [-0.05, 0) is 31.5 Å². The molecule has 1 N–H and O–H groups in total. The summed E-state index contributed by atoms with van der Waals surface area (Å²) in [5.74, 6) is -1.87. The lowest BCUT2D eigenvalue weighted by atomic mass is 9.99. The zero-order chi connectivity index (χ0) is 15.1. The van der Waals surface area contributed by atoms with E-state index in [-0.39, 0.29) is 12.3 Å². The van der Waals surface area contributed by atoms with E-state index in [4.69, 9.17) is 4.74 Å². The highest BCUT2D eigenvalue weighted by Gasteiger charge is 2.40. The molecular formula is C13H12F3NO3. The van der Waals surface area contributed by atoms with E-state index in [2.05, 4.69) is 0 Å². The molecule has 0 saturated heterocycles. The monoisotopic (exact) mass is 287 g/mol. The van der Waals surface area contributed by atoms with Crippen molar-refractivity contribution in [1.29, 1.82) is 0 Å². The molecule has 1 aromatic carbocycles. The molecule has 0 radical (unpaired) electrons. The Bertz CT molecular complexity index is 579. The van der Waals surface area contributed by atoms with Crippen molar-refractivity contribution in [3.63, 3.8) is 0 Å². The van der Waals surface area contributed by atoms with E-state index in [0.717, 1.165) is 0 Å². The fourth-order valence-electron chi connectivity index (χ4n) is 1.88. The van der Waals surface area contributed by atoms with Gasteiger partial charge in [0.1, 0.15) is 5.75 Å². The van der Waals surface area contributed by atoms with E-state index < -0.39 is 17.7 Å². The first kappa shape index (κ1) is 14.4. The van der Waals surface area contributed by atoms with Crippen LogP contribution in [0.3, 0.4) is 0 Å². The molecule has 0 spiro atoms. The quantitative estimate of drug-likeness (QED) is 0.907. The summed E-state index contributed by atoms with van der Waals surface area (Å²) in [4.78, 5) is 22.6. The van der Waals surface area contributed by atoms with Crippen molar-refractivity contribution in [1.82, 2.24) is 5.32 Å². The summed E-state index contributed by atoms with van der Waals surface area (Å²) in [5.41, 5.74) is -0.163. The van der Waals surface area contributed by atoms with Crippen LogP contribution in [0.5, 0.6) is 5.75 Å². The molecule has 1 aliphatic heterocycles. The Kier molecular flexibility index (Phi) is 3.23. The van der Waals surface area contributed by atoms with Gasteiger partial charge in [0.15, 0.2) is 5.60 Å². The van der Waals surface area contributed by atoms with Crippen LogP contribution in [-0.2, 0) is 11.3 Å². The molecule has 0 saturated carbocycles. The first-order valence-corrected chi connectivity index (χ1v) is 5.83. The zero-order valence-corrected chi connectivity index (χ0v) is 10.8. The van der Waals surface area contributed by atoms with Gasteiger partial charge in [0.25, 0.3) is 0 Å². The van der Waals surface area contributed by atoms with E-state index in [0.29, 0.717) is 16.9 Å². The van der Waals surface area contributed by atoms with Crippen molar-refractivity contribution in [2.75, 3.05) is 0 Å². The number of carbonyl (C=O) groups excluding carboxylic acids is 2.